The fraction of sp³-hybridized carbons (Fsp3) is 0.286. The standard InChI is InChI=1S/C21H23N3O5/c1-3-28-14-9-10-18(29-4-2)17(13-14)22-19(25)11-12-24-21(27)16-8-6-5-7-15(16)20(26)23-24/h5-10,13H,3-4,11-12H2,1-2H3,(H,22,25)(H,23,26). The molecule has 0 radical (unpaired) electrons. The van der Waals surface area contributed by atoms with Gasteiger partial charge in [0.1, 0.15) is 11.5 Å². The van der Waals surface area contributed by atoms with E-state index in [1.807, 2.05) is 13.8 Å². The number of anilines is 1. The van der Waals surface area contributed by atoms with Gasteiger partial charge < -0.3 is 14.8 Å². The third-order valence-corrected chi connectivity index (χ3v) is 4.28. The van der Waals surface area contributed by atoms with Crippen LogP contribution in [0.15, 0.2) is 52.1 Å². The van der Waals surface area contributed by atoms with Crippen LogP contribution in [0.2, 0.25) is 0 Å². The Bertz CT molecular complexity index is 1130. The van der Waals surface area contributed by atoms with Gasteiger partial charge in [-0.2, -0.15) is 0 Å². The van der Waals surface area contributed by atoms with Gasteiger partial charge in [-0.15, -0.1) is 0 Å². The van der Waals surface area contributed by atoms with Crippen LogP contribution in [-0.4, -0.2) is 28.9 Å². The molecule has 0 spiro atoms. The number of ether oxygens (including phenoxy) is 2. The third-order valence-electron chi connectivity index (χ3n) is 4.28. The lowest BCUT2D eigenvalue weighted by atomic mass is 10.2. The number of aryl methyl sites for hydroxylation is 1. The predicted molar refractivity (Wildman–Crippen MR) is 111 cm³/mol. The second-order valence-corrected chi connectivity index (χ2v) is 6.27. The molecule has 0 unspecified atom stereocenters. The molecular weight excluding hydrogens is 374 g/mol. The normalized spacial score (nSPS) is 10.7. The minimum atomic E-state index is -0.372. The number of fused-ring (bicyclic) bond motifs is 1. The van der Waals surface area contributed by atoms with Crippen LogP contribution in [0.1, 0.15) is 20.3 Å². The Morgan fingerprint density at radius 2 is 1.76 bits per heavy atom. The minimum absolute atomic E-state index is 0.00137. The smallest absolute Gasteiger partial charge is 0.273 e. The molecule has 1 aromatic heterocycles. The van der Waals surface area contributed by atoms with Gasteiger partial charge in [0.05, 0.1) is 36.2 Å². The van der Waals surface area contributed by atoms with Crippen LogP contribution in [0.5, 0.6) is 11.5 Å². The molecule has 0 bridgehead atoms. The molecule has 2 aromatic carbocycles. The van der Waals surface area contributed by atoms with Crippen molar-refractivity contribution in [1.29, 1.82) is 0 Å². The fourth-order valence-corrected chi connectivity index (χ4v) is 2.97. The van der Waals surface area contributed by atoms with Crippen molar-refractivity contribution in [1.82, 2.24) is 9.78 Å². The summed E-state index contributed by atoms with van der Waals surface area (Å²) in [6, 6.07) is 11.8. The van der Waals surface area contributed by atoms with Crippen LogP contribution in [0.3, 0.4) is 0 Å². The zero-order valence-electron chi connectivity index (χ0n) is 16.4. The first-order valence-corrected chi connectivity index (χ1v) is 9.44. The van der Waals surface area contributed by atoms with Gasteiger partial charge in [0.15, 0.2) is 0 Å². The van der Waals surface area contributed by atoms with Gasteiger partial charge in [0.25, 0.3) is 11.1 Å². The maximum absolute atomic E-state index is 12.5. The van der Waals surface area contributed by atoms with Gasteiger partial charge >= 0.3 is 0 Å². The van der Waals surface area contributed by atoms with E-state index in [-0.39, 0.29) is 30.0 Å². The molecule has 0 aliphatic carbocycles. The highest BCUT2D eigenvalue weighted by Crippen LogP contribution is 2.29. The molecule has 0 fully saturated rings. The lowest BCUT2D eigenvalue weighted by molar-refractivity contribution is -0.116. The average Bonchev–Trinajstić information content (AvgIpc) is 2.72. The van der Waals surface area contributed by atoms with Crippen molar-refractivity contribution in [3.8, 4) is 11.5 Å². The molecule has 0 saturated carbocycles. The van der Waals surface area contributed by atoms with Gasteiger partial charge in [-0.05, 0) is 38.1 Å². The van der Waals surface area contributed by atoms with Crippen LogP contribution >= 0.6 is 0 Å². The molecule has 152 valence electrons. The molecule has 2 N–H and O–H groups in total. The van der Waals surface area contributed by atoms with E-state index in [2.05, 4.69) is 10.4 Å². The number of H-pyrrole nitrogens is 1. The zero-order valence-corrected chi connectivity index (χ0v) is 16.4. The SMILES string of the molecule is CCOc1ccc(OCC)c(NC(=O)CCn2[nH]c(=O)c3ccccc3c2=O)c1. The summed E-state index contributed by atoms with van der Waals surface area (Å²) in [7, 11) is 0. The summed E-state index contributed by atoms with van der Waals surface area (Å²) in [4.78, 5) is 37.1. The van der Waals surface area contributed by atoms with E-state index >= 15 is 0 Å². The van der Waals surface area contributed by atoms with Gasteiger partial charge in [-0.3, -0.25) is 19.5 Å². The van der Waals surface area contributed by atoms with Crippen molar-refractivity contribution in [3.63, 3.8) is 0 Å². The third kappa shape index (κ3) is 4.66. The van der Waals surface area contributed by atoms with Crippen LogP contribution < -0.4 is 25.9 Å². The first kappa shape index (κ1) is 20.2. The summed E-state index contributed by atoms with van der Waals surface area (Å²) in [5.74, 6) is 0.822. The first-order valence-electron chi connectivity index (χ1n) is 9.44. The van der Waals surface area contributed by atoms with Crippen LogP contribution in [-0.2, 0) is 11.3 Å². The Labute approximate surface area is 167 Å². The Morgan fingerprint density at radius 3 is 2.48 bits per heavy atom. The molecular formula is C21H23N3O5. The summed E-state index contributed by atoms with van der Waals surface area (Å²) in [5, 5.41) is 5.95. The van der Waals surface area contributed by atoms with E-state index in [1.54, 1.807) is 42.5 Å². The summed E-state index contributed by atoms with van der Waals surface area (Å²) < 4.78 is 12.2. The number of amides is 1. The van der Waals surface area contributed by atoms with Crippen molar-refractivity contribution >= 4 is 22.4 Å². The minimum Gasteiger partial charge on any atom is -0.494 e. The molecule has 0 aliphatic heterocycles. The Kier molecular flexibility index (Phi) is 6.33. The van der Waals surface area contributed by atoms with Crippen molar-refractivity contribution in [2.24, 2.45) is 0 Å². The second-order valence-electron chi connectivity index (χ2n) is 6.27. The number of nitrogens with one attached hydrogen (secondary N) is 2. The van der Waals surface area contributed by atoms with E-state index in [9.17, 15) is 14.4 Å². The zero-order chi connectivity index (χ0) is 20.8. The van der Waals surface area contributed by atoms with E-state index in [0.29, 0.717) is 41.2 Å². The molecule has 1 amide bonds. The summed E-state index contributed by atoms with van der Waals surface area (Å²) in [6.45, 7) is 4.71. The lowest BCUT2D eigenvalue weighted by Crippen LogP contribution is -2.31. The highest BCUT2D eigenvalue weighted by molar-refractivity contribution is 5.92. The van der Waals surface area contributed by atoms with Gasteiger partial charge in [0, 0.05) is 12.5 Å². The van der Waals surface area contributed by atoms with Crippen molar-refractivity contribution in [3.05, 3.63) is 63.2 Å². The van der Waals surface area contributed by atoms with Crippen molar-refractivity contribution < 1.29 is 14.3 Å². The number of aromatic amines is 1. The molecule has 8 nitrogen and oxygen atoms in total. The number of benzene rings is 2. The maximum Gasteiger partial charge on any atom is 0.273 e. The quantitative estimate of drug-likeness (QED) is 0.608. The number of carbonyl (C=O) groups excluding carboxylic acids is 1. The number of hydrogen-bond acceptors (Lipinski definition) is 5. The number of hydrogen-bond donors (Lipinski definition) is 2. The average molecular weight is 397 g/mol. The van der Waals surface area contributed by atoms with Crippen LogP contribution in [0.25, 0.3) is 10.8 Å². The van der Waals surface area contributed by atoms with Crippen LogP contribution in [0.4, 0.5) is 5.69 Å². The number of nitrogens with zero attached hydrogens (tertiary/aromatic N) is 1. The second kappa shape index (κ2) is 9.09. The Balaban J connectivity index is 1.76. The highest BCUT2D eigenvalue weighted by Gasteiger charge is 2.12. The van der Waals surface area contributed by atoms with Gasteiger partial charge in [0.2, 0.25) is 5.91 Å². The molecule has 0 aliphatic rings. The molecule has 0 saturated heterocycles. The molecule has 3 aromatic rings. The van der Waals surface area contributed by atoms with Gasteiger partial charge in [-0.1, -0.05) is 12.1 Å². The number of carbonyl (C=O) groups is 1. The lowest BCUT2D eigenvalue weighted by Gasteiger charge is -2.14. The maximum atomic E-state index is 12.5. The van der Waals surface area contributed by atoms with E-state index < -0.39 is 0 Å². The van der Waals surface area contributed by atoms with Crippen molar-refractivity contribution in [2.45, 2.75) is 26.8 Å². The Morgan fingerprint density at radius 1 is 1.03 bits per heavy atom. The summed E-state index contributed by atoms with van der Waals surface area (Å²) in [6.07, 6.45) is -0.00137. The van der Waals surface area contributed by atoms with Crippen molar-refractivity contribution in [2.75, 3.05) is 18.5 Å². The first-order chi connectivity index (χ1) is 14.0. The van der Waals surface area contributed by atoms with Crippen LogP contribution in [0, 0.1) is 0 Å². The van der Waals surface area contributed by atoms with E-state index in [1.165, 1.54) is 0 Å². The number of aromatic nitrogens is 2. The predicted octanol–water partition coefficient (Wildman–Crippen LogP) is 2.52. The monoisotopic (exact) mass is 397 g/mol. The topological polar surface area (TPSA) is 102 Å². The molecule has 0 atom stereocenters. The van der Waals surface area contributed by atoms with E-state index in [0.717, 1.165) is 4.68 Å². The highest BCUT2D eigenvalue weighted by atomic mass is 16.5. The summed E-state index contributed by atoms with van der Waals surface area (Å²) in [5.41, 5.74) is -0.229. The molecule has 3 rings (SSSR count). The summed E-state index contributed by atoms with van der Waals surface area (Å²) >= 11 is 0. The van der Waals surface area contributed by atoms with Gasteiger partial charge in [-0.25, -0.2) is 4.68 Å². The molecule has 1 heterocycles. The fourth-order valence-electron chi connectivity index (χ4n) is 2.97. The molecule has 8 heteroatoms. The number of rotatable bonds is 8. The largest absolute Gasteiger partial charge is 0.494 e. The van der Waals surface area contributed by atoms with E-state index in [4.69, 9.17) is 9.47 Å². The molecule has 29 heavy (non-hydrogen) atoms. The Hall–Kier alpha value is -3.55.